The number of pyridine rings is 2. The van der Waals surface area contributed by atoms with E-state index in [1.807, 2.05) is 18.5 Å². The van der Waals surface area contributed by atoms with Crippen LogP contribution in [0.25, 0.3) is 54.9 Å². The van der Waals surface area contributed by atoms with Gasteiger partial charge in [-0.3, -0.25) is 15.0 Å². The number of benzene rings is 1. The highest BCUT2D eigenvalue weighted by Crippen LogP contribution is 2.36. The first-order valence-electron chi connectivity index (χ1n) is 12.6. The summed E-state index contributed by atoms with van der Waals surface area (Å²) in [6.07, 6.45) is 8.06. The summed E-state index contributed by atoms with van der Waals surface area (Å²) in [6, 6.07) is 17.0. The Morgan fingerprint density at radius 3 is 2.76 bits per heavy atom. The molecule has 8 heteroatoms. The predicted octanol–water partition coefficient (Wildman–Crippen LogP) is 6.37. The van der Waals surface area contributed by atoms with Crippen molar-refractivity contribution >= 4 is 33.3 Å². The highest BCUT2D eigenvalue weighted by atomic mass is 32.1. The number of likely N-dealkylation sites (tertiary alicyclic amines) is 1. The Morgan fingerprint density at radius 2 is 1.86 bits per heavy atom. The van der Waals surface area contributed by atoms with Crippen molar-refractivity contribution in [3.05, 3.63) is 72.5 Å². The van der Waals surface area contributed by atoms with E-state index in [4.69, 9.17) is 4.74 Å². The average molecular weight is 507 g/mol. The van der Waals surface area contributed by atoms with Crippen LogP contribution in [0.4, 0.5) is 0 Å². The number of thiophene rings is 1. The van der Waals surface area contributed by atoms with E-state index in [0.29, 0.717) is 6.61 Å². The van der Waals surface area contributed by atoms with Gasteiger partial charge in [-0.05, 0) is 61.6 Å². The summed E-state index contributed by atoms with van der Waals surface area (Å²) in [4.78, 5) is 16.3. The van der Waals surface area contributed by atoms with Gasteiger partial charge in [0.15, 0.2) is 5.65 Å². The summed E-state index contributed by atoms with van der Waals surface area (Å²) in [6.45, 7) is 3.97. The zero-order chi connectivity index (χ0) is 24.6. The second kappa shape index (κ2) is 9.46. The molecular formula is C29H26N6OS. The number of rotatable bonds is 7. The number of nitrogens with zero attached hydrogens (tertiary/aromatic N) is 4. The molecule has 1 aliphatic rings. The van der Waals surface area contributed by atoms with Gasteiger partial charge < -0.3 is 9.72 Å². The normalized spacial score (nSPS) is 14.2. The number of hydrogen-bond acceptors (Lipinski definition) is 6. The molecule has 1 saturated heterocycles. The van der Waals surface area contributed by atoms with Crippen LogP contribution in [-0.2, 0) is 0 Å². The molecule has 6 heterocycles. The maximum atomic E-state index is 6.02. The van der Waals surface area contributed by atoms with Gasteiger partial charge in [-0.15, -0.1) is 11.3 Å². The van der Waals surface area contributed by atoms with Crippen LogP contribution in [0.5, 0.6) is 5.75 Å². The van der Waals surface area contributed by atoms with Crippen LogP contribution >= 0.6 is 11.3 Å². The Morgan fingerprint density at radius 1 is 0.946 bits per heavy atom. The van der Waals surface area contributed by atoms with Crippen molar-refractivity contribution in [3.63, 3.8) is 0 Å². The monoisotopic (exact) mass is 506 g/mol. The Labute approximate surface area is 218 Å². The maximum Gasteiger partial charge on any atom is 0.155 e. The summed E-state index contributed by atoms with van der Waals surface area (Å²) in [5.74, 6) is 0.779. The summed E-state index contributed by atoms with van der Waals surface area (Å²) >= 11 is 1.75. The summed E-state index contributed by atoms with van der Waals surface area (Å²) in [7, 11) is 0. The Hall–Kier alpha value is -4.01. The first-order valence-corrected chi connectivity index (χ1v) is 13.5. The number of fused-ring (bicyclic) bond motifs is 2. The Balaban J connectivity index is 1.20. The zero-order valence-corrected chi connectivity index (χ0v) is 21.1. The van der Waals surface area contributed by atoms with Crippen LogP contribution in [0.2, 0.25) is 0 Å². The lowest BCUT2D eigenvalue weighted by atomic mass is 10.1. The molecule has 7 nitrogen and oxygen atoms in total. The Kier molecular flexibility index (Phi) is 5.68. The summed E-state index contributed by atoms with van der Waals surface area (Å²) in [5.41, 5.74) is 6.82. The van der Waals surface area contributed by atoms with E-state index < -0.39 is 0 Å². The molecule has 37 heavy (non-hydrogen) atoms. The second-order valence-electron chi connectivity index (χ2n) is 9.43. The molecule has 5 aromatic heterocycles. The number of hydrogen-bond donors (Lipinski definition) is 2. The average Bonchev–Trinajstić information content (AvgIpc) is 3.74. The number of H-pyrrole nitrogens is 2. The van der Waals surface area contributed by atoms with Gasteiger partial charge in [0.05, 0.1) is 11.9 Å². The lowest BCUT2D eigenvalue weighted by Gasteiger charge is -2.15. The van der Waals surface area contributed by atoms with Crippen LogP contribution in [0.1, 0.15) is 12.8 Å². The summed E-state index contributed by atoms with van der Waals surface area (Å²) in [5, 5.41) is 12.0. The lowest BCUT2D eigenvalue weighted by Crippen LogP contribution is -2.25. The smallest absolute Gasteiger partial charge is 0.155 e. The lowest BCUT2D eigenvalue weighted by molar-refractivity contribution is 0.237. The molecule has 1 fully saturated rings. The third kappa shape index (κ3) is 4.28. The van der Waals surface area contributed by atoms with E-state index in [1.54, 1.807) is 17.5 Å². The molecule has 0 radical (unpaired) electrons. The Bertz CT molecular complexity index is 1680. The van der Waals surface area contributed by atoms with E-state index in [2.05, 4.69) is 77.9 Å². The van der Waals surface area contributed by atoms with Crippen molar-refractivity contribution in [2.45, 2.75) is 12.8 Å². The van der Waals surface area contributed by atoms with E-state index in [1.165, 1.54) is 41.8 Å². The first-order chi connectivity index (χ1) is 18.3. The molecule has 2 N–H and O–H groups in total. The number of nitrogens with one attached hydrogen (secondary N) is 2. The molecule has 0 atom stereocenters. The van der Waals surface area contributed by atoms with Gasteiger partial charge in [0.1, 0.15) is 18.1 Å². The minimum Gasteiger partial charge on any atom is -0.491 e. The van der Waals surface area contributed by atoms with Gasteiger partial charge in [-0.25, -0.2) is 4.98 Å². The number of aromatic nitrogens is 5. The highest BCUT2D eigenvalue weighted by molar-refractivity contribution is 7.13. The molecule has 6 aromatic rings. The van der Waals surface area contributed by atoms with Crippen LogP contribution < -0.4 is 4.74 Å². The third-order valence-corrected chi connectivity index (χ3v) is 7.95. The molecule has 1 aromatic carbocycles. The van der Waals surface area contributed by atoms with Gasteiger partial charge >= 0.3 is 0 Å². The van der Waals surface area contributed by atoms with Crippen LogP contribution in [0.3, 0.4) is 0 Å². The van der Waals surface area contributed by atoms with Crippen molar-refractivity contribution in [1.82, 2.24) is 30.0 Å². The maximum absolute atomic E-state index is 6.02. The van der Waals surface area contributed by atoms with Crippen LogP contribution in [0, 0.1) is 0 Å². The van der Waals surface area contributed by atoms with Gasteiger partial charge in [0.25, 0.3) is 0 Å². The quantitative estimate of drug-likeness (QED) is 0.263. The molecule has 0 amide bonds. The van der Waals surface area contributed by atoms with Gasteiger partial charge in [-0.1, -0.05) is 18.2 Å². The molecule has 7 rings (SSSR count). The number of ether oxygens (including phenoxy) is 1. The van der Waals surface area contributed by atoms with E-state index >= 15 is 0 Å². The van der Waals surface area contributed by atoms with Crippen molar-refractivity contribution in [2.24, 2.45) is 0 Å². The molecule has 0 spiro atoms. The largest absolute Gasteiger partial charge is 0.491 e. The highest BCUT2D eigenvalue weighted by Gasteiger charge is 2.16. The standard InChI is InChI=1S/C29H26N6OS/c1-2-9-35(8-1)10-11-36-21-13-19(16-30-18-21)20-14-24-28(33-34-29(24)31-17-20)26-15-23-22(27-7-4-12-37-27)5-3-6-25(23)32-26/h3-7,12-18,32H,1-2,8-11H2,(H,31,33,34). The van der Waals surface area contributed by atoms with Crippen molar-refractivity contribution in [2.75, 3.05) is 26.2 Å². The summed E-state index contributed by atoms with van der Waals surface area (Å²) < 4.78 is 6.02. The second-order valence-corrected chi connectivity index (χ2v) is 10.4. The molecule has 0 unspecified atom stereocenters. The molecule has 0 aliphatic carbocycles. The van der Waals surface area contributed by atoms with E-state index in [-0.39, 0.29) is 0 Å². The number of aromatic amines is 2. The fourth-order valence-corrected chi connectivity index (χ4v) is 5.92. The van der Waals surface area contributed by atoms with E-state index in [0.717, 1.165) is 51.4 Å². The van der Waals surface area contributed by atoms with E-state index in [9.17, 15) is 0 Å². The van der Waals surface area contributed by atoms with Gasteiger partial charge in [-0.2, -0.15) is 5.10 Å². The van der Waals surface area contributed by atoms with Crippen molar-refractivity contribution in [1.29, 1.82) is 0 Å². The SMILES string of the molecule is c1csc(-c2cccc3[nH]c(-c4n[nH]c5ncc(-c6cncc(OCCN7CCCC7)c6)cc45)cc23)c1. The molecular weight excluding hydrogens is 480 g/mol. The molecule has 1 aliphatic heterocycles. The minimum atomic E-state index is 0.669. The fourth-order valence-electron chi connectivity index (χ4n) is 5.15. The van der Waals surface area contributed by atoms with Crippen LogP contribution in [-0.4, -0.2) is 56.3 Å². The fraction of sp³-hybridized carbons (Fsp3) is 0.207. The van der Waals surface area contributed by atoms with Crippen LogP contribution in [0.15, 0.2) is 72.5 Å². The predicted molar refractivity (Wildman–Crippen MR) is 149 cm³/mol. The van der Waals surface area contributed by atoms with Gasteiger partial charge in [0, 0.05) is 56.8 Å². The van der Waals surface area contributed by atoms with Gasteiger partial charge in [0.2, 0.25) is 0 Å². The molecule has 184 valence electrons. The zero-order valence-electron chi connectivity index (χ0n) is 20.3. The first kappa shape index (κ1) is 22.2. The van der Waals surface area contributed by atoms with Crippen molar-refractivity contribution in [3.8, 4) is 38.7 Å². The minimum absolute atomic E-state index is 0.669. The molecule has 0 bridgehead atoms. The van der Waals surface area contributed by atoms with Crippen molar-refractivity contribution < 1.29 is 4.74 Å². The molecule has 0 saturated carbocycles. The third-order valence-electron chi connectivity index (χ3n) is 7.04. The topological polar surface area (TPSA) is 82.7 Å².